The van der Waals surface area contributed by atoms with Gasteiger partial charge < -0.3 is 9.84 Å². The van der Waals surface area contributed by atoms with E-state index in [1.807, 2.05) is 0 Å². The summed E-state index contributed by atoms with van der Waals surface area (Å²) in [5.41, 5.74) is 1.49. The number of hydrogen-bond acceptors (Lipinski definition) is 4. The summed E-state index contributed by atoms with van der Waals surface area (Å²) in [5.74, 6) is 5.36. The summed E-state index contributed by atoms with van der Waals surface area (Å²) < 4.78 is 31.8. The number of aliphatic hydroxyl groups is 1. The average Bonchev–Trinajstić information content (AvgIpc) is 2.99. The van der Waals surface area contributed by atoms with Gasteiger partial charge in [0.15, 0.2) is 0 Å². The number of ether oxygens (including phenoxy) is 1. The van der Waals surface area contributed by atoms with Gasteiger partial charge in [-0.15, -0.1) is 0 Å². The summed E-state index contributed by atoms with van der Waals surface area (Å²) in [4.78, 5) is 0.254. The molecule has 5 nitrogen and oxygen atoms in total. The number of aryl methyl sites for hydroxylation is 1. The Hall–Kier alpha value is -1.39. The second kappa shape index (κ2) is 6.58. The van der Waals surface area contributed by atoms with E-state index in [-0.39, 0.29) is 17.5 Å². The molecule has 0 amide bonds. The van der Waals surface area contributed by atoms with E-state index in [2.05, 4.69) is 11.8 Å². The van der Waals surface area contributed by atoms with Crippen LogP contribution in [0.25, 0.3) is 0 Å². The van der Waals surface area contributed by atoms with E-state index in [1.165, 1.54) is 4.31 Å². The minimum Gasteiger partial charge on any atom is -0.384 e. The average molecular weight is 309 g/mol. The zero-order valence-corrected chi connectivity index (χ0v) is 13.0. The predicted molar refractivity (Wildman–Crippen MR) is 79.3 cm³/mol. The van der Waals surface area contributed by atoms with E-state index in [9.17, 15) is 8.42 Å². The lowest BCUT2D eigenvalue weighted by molar-refractivity contribution is 0.181. The van der Waals surface area contributed by atoms with Crippen molar-refractivity contribution in [3.63, 3.8) is 0 Å². The molecule has 0 aliphatic carbocycles. The van der Waals surface area contributed by atoms with Crippen molar-refractivity contribution >= 4 is 10.0 Å². The van der Waals surface area contributed by atoms with E-state index in [0.717, 1.165) is 17.5 Å². The topological polar surface area (TPSA) is 66.8 Å². The maximum absolute atomic E-state index is 12.6. The fraction of sp³-hybridized carbons (Fsp3) is 0.467. The highest BCUT2D eigenvalue weighted by atomic mass is 32.2. The van der Waals surface area contributed by atoms with Gasteiger partial charge in [0, 0.05) is 19.2 Å². The second-order valence-electron chi connectivity index (χ2n) is 4.98. The first-order valence-electron chi connectivity index (χ1n) is 6.73. The van der Waals surface area contributed by atoms with E-state index in [4.69, 9.17) is 9.84 Å². The van der Waals surface area contributed by atoms with Gasteiger partial charge in [-0.2, -0.15) is 4.31 Å². The van der Waals surface area contributed by atoms with Gasteiger partial charge in [0.1, 0.15) is 6.61 Å². The first-order valence-corrected chi connectivity index (χ1v) is 8.17. The number of nitrogens with zero attached hydrogens (tertiary/aromatic N) is 1. The summed E-state index contributed by atoms with van der Waals surface area (Å²) in [7, 11) is -1.94. The van der Waals surface area contributed by atoms with Crippen LogP contribution in [0.15, 0.2) is 23.1 Å². The molecule has 114 valence electrons. The van der Waals surface area contributed by atoms with E-state index in [0.29, 0.717) is 13.2 Å². The molecule has 0 radical (unpaired) electrons. The molecule has 21 heavy (non-hydrogen) atoms. The van der Waals surface area contributed by atoms with E-state index < -0.39 is 10.0 Å². The molecule has 1 aliphatic rings. The fourth-order valence-electron chi connectivity index (χ4n) is 2.24. The Morgan fingerprint density at radius 1 is 1.48 bits per heavy atom. The van der Waals surface area contributed by atoms with Crippen molar-refractivity contribution in [1.29, 1.82) is 0 Å². The summed E-state index contributed by atoms with van der Waals surface area (Å²) >= 11 is 0. The highest BCUT2D eigenvalue weighted by Crippen LogP contribution is 2.22. The molecule has 1 fully saturated rings. The summed E-state index contributed by atoms with van der Waals surface area (Å²) in [5, 5.41) is 8.71. The van der Waals surface area contributed by atoms with Crippen LogP contribution >= 0.6 is 0 Å². The SMILES string of the molecule is Cc1cc(S(=O)(=O)N(C)C2CCOC2)ccc1C#CCO. The molecule has 0 aromatic heterocycles. The second-order valence-corrected chi connectivity index (χ2v) is 6.97. The Balaban J connectivity index is 2.30. The smallest absolute Gasteiger partial charge is 0.243 e. The Bertz CT molecular complexity index is 667. The van der Waals surface area contributed by atoms with Gasteiger partial charge in [0.25, 0.3) is 0 Å². The van der Waals surface area contributed by atoms with Gasteiger partial charge in [0.05, 0.1) is 17.5 Å². The molecule has 6 heteroatoms. The molecular formula is C15H19NO4S. The molecule has 1 unspecified atom stereocenters. The molecule has 1 aliphatic heterocycles. The molecule has 1 saturated heterocycles. The van der Waals surface area contributed by atoms with Crippen LogP contribution in [0.5, 0.6) is 0 Å². The third-order valence-corrected chi connectivity index (χ3v) is 5.50. The standard InChI is InChI=1S/C15H19NO4S/c1-12-10-15(6-5-13(12)4-3-8-17)21(18,19)16(2)14-7-9-20-11-14/h5-6,10,14,17H,7-9,11H2,1-2H3. The van der Waals surface area contributed by atoms with Crippen molar-refractivity contribution in [2.75, 3.05) is 26.9 Å². The first kappa shape index (κ1) is 16.0. The highest BCUT2D eigenvalue weighted by molar-refractivity contribution is 7.89. The molecular weight excluding hydrogens is 290 g/mol. The molecule has 1 N–H and O–H groups in total. The van der Waals surface area contributed by atoms with Crippen molar-refractivity contribution in [3.05, 3.63) is 29.3 Å². The maximum Gasteiger partial charge on any atom is 0.243 e. The van der Waals surface area contributed by atoms with Gasteiger partial charge >= 0.3 is 0 Å². The van der Waals surface area contributed by atoms with Gasteiger partial charge in [0.2, 0.25) is 10.0 Å². The molecule has 0 spiro atoms. The third kappa shape index (κ3) is 3.44. The number of hydrogen-bond donors (Lipinski definition) is 1. The molecule has 1 heterocycles. The van der Waals surface area contributed by atoms with Crippen molar-refractivity contribution < 1.29 is 18.3 Å². The largest absolute Gasteiger partial charge is 0.384 e. The minimum atomic E-state index is -3.53. The lowest BCUT2D eigenvalue weighted by Gasteiger charge is -2.22. The quantitative estimate of drug-likeness (QED) is 0.837. The van der Waals surface area contributed by atoms with Crippen LogP contribution in [-0.4, -0.2) is 50.7 Å². The van der Waals surface area contributed by atoms with Crippen LogP contribution in [0.4, 0.5) is 0 Å². The van der Waals surface area contributed by atoms with Crippen LogP contribution in [0.1, 0.15) is 17.5 Å². The molecule has 1 aromatic carbocycles. The normalized spacial score (nSPS) is 18.6. The number of benzene rings is 1. The van der Waals surface area contributed by atoms with Crippen LogP contribution in [0.2, 0.25) is 0 Å². The minimum absolute atomic E-state index is 0.107. The van der Waals surface area contributed by atoms with E-state index in [1.54, 1.807) is 32.2 Å². The zero-order valence-electron chi connectivity index (χ0n) is 12.2. The number of rotatable bonds is 3. The van der Waals surface area contributed by atoms with Gasteiger partial charge in [-0.05, 0) is 37.1 Å². The number of likely N-dealkylation sites (N-methyl/N-ethyl adjacent to an activating group) is 1. The lowest BCUT2D eigenvalue weighted by Crippen LogP contribution is -2.37. The summed E-state index contributed by atoms with van der Waals surface area (Å²) in [6, 6.07) is 4.73. The van der Waals surface area contributed by atoms with Gasteiger partial charge in [-0.25, -0.2) is 8.42 Å². The van der Waals surface area contributed by atoms with Crippen LogP contribution in [-0.2, 0) is 14.8 Å². The molecule has 1 atom stereocenters. The zero-order chi connectivity index (χ0) is 15.5. The summed E-state index contributed by atoms with van der Waals surface area (Å²) in [6.45, 7) is 2.62. The van der Waals surface area contributed by atoms with Gasteiger partial charge in [-0.3, -0.25) is 0 Å². The Morgan fingerprint density at radius 2 is 2.24 bits per heavy atom. The predicted octanol–water partition coefficient (Wildman–Crippen LogP) is 0.748. The molecule has 1 aromatic rings. The summed E-state index contributed by atoms with van der Waals surface area (Å²) in [6.07, 6.45) is 0.717. The number of aliphatic hydroxyl groups excluding tert-OH is 1. The lowest BCUT2D eigenvalue weighted by atomic mass is 10.1. The maximum atomic E-state index is 12.6. The van der Waals surface area contributed by atoms with Crippen LogP contribution < -0.4 is 0 Å². The van der Waals surface area contributed by atoms with Crippen molar-refractivity contribution in [3.8, 4) is 11.8 Å². The third-order valence-electron chi connectivity index (χ3n) is 3.60. The Morgan fingerprint density at radius 3 is 2.81 bits per heavy atom. The molecule has 0 bridgehead atoms. The highest BCUT2D eigenvalue weighted by Gasteiger charge is 2.30. The van der Waals surface area contributed by atoms with Crippen LogP contribution in [0, 0.1) is 18.8 Å². The van der Waals surface area contributed by atoms with Crippen molar-refractivity contribution in [1.82, 2.24) is 4.31 Å². The molecule has 0 saturated carbocycles. The van der Waals surface area contributed by atoms with Crippen molar-refractivity contribution in [2.45, 2.75) is 24.3 Å². The monoisotopic (exact) mass is 309 g/mol. The molecule has 2 rings (SSSR count). The van der Waals surface area contributed by atoms with E-state index >= 15 is 0 Å². The van der Waals surface area contributed by atoms with Crippen LogP contribution in [0.3, 0.4) is 0 Å². The Labute approximate surface area is 125 Å². The number of sulfonamides is 1. The van der Waals surface area contributed by atoms with Gasteiger partial charge in [-0.1, -0.05) is 11.8 Å². The fourth-order valence-corrected chi connectivity index (χ4v) is 3.70. The van der Waals surface area contributed by atoms with Crippen molar-refractivity contribution in [2.24, 2.45) is 0 Å². The first-order chi connectivity index (χ1) is 9.96. The Kier molecular flexibility index (Phi) is 5.01.